The van der Waals surface area contributed by atoms with Crippen molar-refractivity contribution in [1.29, 1.82) is 0 Å². The summed E-state index contributed by atoms with van der Waals surface area (Å²) < 4.78 is 5.08. The molecule has 6 nitrogen and oxygen atoms in total. The molecule has 0 spiro atoms. The van der Waals surface area contributed by atoms with Crippen LogP contribution >= 0.6 is 11.6 Å². The highest BCUT2D eigenvalue weighted by molar-refractivity contribution is 6.31. The van der Waals surface area contributed by atoms with Crippen LogP contribution in [0.25, 0.3) is 0 Å². The maximum absolute atomic E-state index is 12.3. The number of nitrogens with zero attached hydrogens (tertiary/aromatic N) is 1. The number of benzene rings is 2. The van der Waals surface area contributed by atoms with Gasteiger partial charge in [0.25, 0.3) is 11.8 Å². The zero-order chi connectivity index (χ0) is 19.2. The number of aromatic nitrogens is 1. The van der Waals surface area contributed by atoms with Crippen LogP contribution < -0.4 is 15.4 Å². The first-order valence-electron chi connectivity index (χ1n) is 8.03. The Kier molecular flexibility index (Phi) is 5.68. The third kappa shape index (κ3) is 4.83. The summed E-state index contributed by atoms with van der Waals surface area (Å²) in [6.07, 6.45) is 1.46. The van der Waals surface area contributed by atoms with Gasteiger partial charge in [-0.3, -0.25) is 14.6 Å². The largest absolute Gasteiger partial charge is 0.497 e. The third-order valence-electron chi connectivity index (χ3n) is 3.71. The summed E-state index contributed by atoms with van der Waals surface area (Å²) in [5, 5.41) is 5.93. The number of halogens is 1. The fraction of sp³-hybridized carbons (Fsp3) is 0.0500. The van der Waals surface area contributed by atoms with Gasteiger partial charge in [0.05, 0.1) is 7.11 Å². The maximum atomic E-state index is 12.3. The Labute approximate surface area is 161 Å². The number of hydrogen-bond donors (Lipinski definition) is 2. The number of amides is 2. The molecule has 0 aliphatic heterocycles. The highest BCUT2D eigenvalue weighted by Gasteiger charge is 2.10. The van der Waals surface area contributed by atoms with Gasteiger partial charge in [-0.2, -0.15) is 0 Å². The fourth-order valence-corrected chi connectivity index (χ4v) is 2.47. The molecule has 2 amide bonds. The summed E-state index contributed by atoms with van der Waals surface area (Å²) in [6, 6.07) is 16.6. The van der Waals surface area contributed by atoms with Crippen molar-refractivity contribution in [3.05, 3.63) is 83.1 Å². The fourth-order valence-electron chi connectivity index (χ4n) is 2.31. The zero-order valence-corrected chi connectivity index (χ0v) is 15.2. The second-order valence-electron chi connectivity index (χ2n) is 5.57. The van der Waals surface area contributed by atoms with Gasteiger partial charge in [0.2, 0.25) is 0 Å². The number of carbonyl (C=O) groups excluding carboxylic acids is 2. The van der Waals surface area contributed by atoms with E-state index in [-0.39, 0.29) is 17.5 Å². The molecule has 136 valence electrons. The second-order valence-corrected chi connectivity index (χ2v) is 6.01. The van der Waals surface area contributed by atoms with E-state index in [1.807, 2.05) is 0 Å². The summed E-state index contributed by atoms with van der Waals surface area (Å²) in [5.41, 5.74) is 1.88. The average Bonchev–Trinajstić information content (AvgIpc) is 2.69. The van der Waals surface area contributed by atoms with E-state index in [9.17, 15) is 9.59 Å². The Bertz CT molecular complexity index is 957. The molecule has 0 atom stereocenters. The minimum absolute atomic E-state index is 0.212. The van der Waals surface area contributed by atoms with Gasteiger partial charge in [0, 0.05) is 28.2 Å². The Morgan fingerprint density at radius 2 is 1.48 bits per heavy atom. The molecule has 1 heterocycles. The van der Waals surface area contributed by atoms with E-state index in [0.29, 0.717) is 27.7 Å². The molecule has 7 heteroatoms. The molecule has 0 unspecified atom stereocenters. The van der Waals surface area contributed by atoms with Crippen LogP contribution in [0.2, 0.25) is 5.02 Å². The molecule has 2 N–H and O–H groups in total. The smallest absolute Gasteiger partial charge is 0.274 e. The highest BCUT2D eigenvalue weighted by Crippen LogP contribution is 2.17. The first-order chi connectivity index (χ1) is 13.0. The van der Waals surface area contributed by atoms with Gasteiger partial charge in [0.1, 0.15) is 11.4 Å². The van der Waals surface area contributed by atoms with Crippen molar-refractivity contribution in [2.75, 3.05) is 17.7 Å². The van der Waals surface area contributed by atoms with Crippen molar-refractivity contribution in [1.82, 2.24) is 4.98 Å². The van der Waals surface area contributed by atoms with E-state index in [4.69, 9.17) is 16.3 Å². The molecule has 3 rings (SSSR count). The lowest BCUT2D eigenvalue weighted by Gasteiger charge is -2.08. The first kappa shape index (κ1) is 18.4. The quantitative estimate of drug-likeness (QED) is 0.692. The molecule has 0 aliphatic rings. The Hall–Kier alpha value is -3.38. The number of methoxy groups -OCH3 is 1. The van der Waals surface area contributed by atoms with E-state index in [0.717, 1.165) is 0 Å². The summed E-state index contributed by atoms with van der Waals surface area (Å²) in [7, 11) is 1.58. The number of ether oxygens (including phenoxy) is 1. The van der Waals surface area contributed by atoms with Gasteiger partial charge in [-0.05, 0) is 60.7 Å². The lowest BCUT2D eigenvalue weighted by molar-refractivity contribution is 0.101. The van der Waals surface area contributed by atoms with E-state index in [2.05, 4.69) is 15.6 Å². The van der Waals surface area contributed by atoms with Crippen molar-refractivity contribution >= 4 is 34.8 Å². The van der Waals surface area contributed by atoms with Crippen molar-refractivity contribution in [3.8, 4) is 5.75 Å². The molecule has 0 bridgehead atoms. The molecule has 0 radical (unpaired) electrons. The number of rotatable bonds is 5. The second kappa shape index (κ2) is 8.33. The van der Waals surface area contributed by atoms with Crippen molar-refractivity contribution < 1.29 is 14.3 Å². The van der Waals surface area contributed by atoms with Gasteiger partial charge < -0.3 is 15.4 Å². The number of pyridine rings is 1. The summed E-state index contributed by atoms with van der Waals surface area (Å²) in [4.78, 5) is 28.4. The number of carbonyl (C=O) groups is 2. The highest BCUT2D eigenvalue weighted by atomic mass is 35.5. The van der Waals surface area contributed by atoms with Crippen LogP contribution in [0.15, 0.2) is 66.9 Å². The first-order valence-corrected chi connectivity index (χ1v) is 8.41. The minimum Gasteiger partial charge on any atom is -0.497 e. The molecule has 0 saturated heterocycles. The topological polar surface area (TPSA) is 80.3 Å². The number of anilines is 2. The van der Waals surface area contributed by atoms with Gasteiger partial charge in [-0.15, -0.1) is 0 Å². The van der Waals surface area contributed by atoms with Crippen LogP contribution in [0.1, 0.15) is 20.8 Å². The molecular weight excluding hydrogens is 366 g/mol. The average molecular weight is 382 g/mol. The van der Waals surface area contributed by atoms with Crippen LogP contribution in [-0.4, -0.2) is 23.9 Å². The molecule has 0 saturated carbocycles. The van der Waals surface area contributed by atoms with Crippen LogP contribution in [-0.2, 0) is 0 Å². The molecular formula is C20H16ClN3O3. The summed E-state index contributed by atoms with van der Waals surface area (Å²) in [5.74, 6) is 0.0739. The molecule has 3 aromatic rings. The van der Waals surface area contributed by atoms with Gasteiger partial charge >= 0.3 is 0 Å². The molecule has 0 aliphatic carbocycles. The third-order valence-corrected chi connectivity index (χ3v) is 3.94. The maximum Gasteiger partial charge on any atom is 0.274 e. The van der Waals surface area contributed by atoms with E-state index in [1.54, 1.807) is 61.7 Å². The van der Waals surface area contributed by atoms with E-state index >= 15 is 0 Å². The van der Waals surface area contributed by atoms with Crippen LogP contribution in [0.5, 0.6) is 5.75 Å². The normalized spacial score (nSPS) is 10.1. The molecule has 0 fully saturated rings. The van der Waals surface area contributed by atoms with Gasteiger partial charge in [0.15, 0.2) is 0 Å². The number of nitrogens with one attached hydrogen (secondary N) is 2. The van der Waals surface area contributed by atoms with E-state index < -0.39 is 0 Å². The predicted molar refractivity (Wildman–Crippen MR) is 105 cm³/mol. The number of hydrogen-bond acceptors (Lipinski definition) is 4. The monoisotopic (exact) mass is 381 g/mol. The van der Waals surface area contributed by atoms with Gasteiger partial charge in [-0.25, -0.2) is 0 Å². The zero-order valence-electron chi connectivity index (χ0n) is 14.4. The Morgan fingerprint density at radius 1 is 0.889 bits per heavy atom. The SMILES string of the molecule is COc1ccc(NC(=O)c2ccc(NC(=O)c3cc(Cl)ccn3)cc2)cc1. The predicted octanol–water partition coefficient (Wildman–Crippen LogP) is 4.25. The van der Waals surface area contributed by atoms with Crippen LogP contribution in [0.3, 0.4) is 0 Å². The summed E-state index contributed by atoms with van der Waals surface area (Å²) >= 11 is 5.86. The van der Waals surface area contributed by atoms with Crippen LogP contribution in [0, 0.1) is 0 Å². The minimum atomic E-state index is -0.382. The Morgan fingerprint density at radius 3 is 2.07 bits per heavy atom. The summed E-state index contributed by atoms with van der Waals surface area (Å²) in [6.45, 7) is 0. The van der Waals surface area contributed by atoms with Crippen molar-refractivity contribution in [2.45, 2.75) is 0 Å². The van der Waals surface area contributed by atoms with Gasteiger partial charge in [-0.1, -0.05) is 11.6 Å². The lowest BCUT2D eigenvalue weighted by Crippen LogP contribution is -2.14. The van der Waals surface area contributed by atoms with Crippen molar-refractivity contribution in [3.63, 3.8) is 0 Å². The van der Waals surface area contributed by atoms with Crippen LogP contribution in [0.4, 0.5) is 11.4 Å². The molecule has 1 aromatic heterocycles. The standard InChI is InChI=1S/C20H16ClN3O3/c1-27-17-8-6-16(7-9-17)23-19(25)13-2-4-15(5-3-13)24-20(26)18-12-14(21)10-11-22-18/h2-12H,1H3,(H,23,25)(H,24,26). The molecule has 27 heavy (non-hydrogen) atoms. The lowest BCUT2D eigenvalue weighted by atomic mass is 10.2. The van der Waals surface area contributed by atoms with E-state index in [1.165, 1.54) is 12.3 Å². The Balaban J connectivity index is 1.63. The van der Waals surface area contributed by atoms with Crippen molar-refractivity contribution in [2.24, 2.45) is 0 Å². The molecule has 2 aromatic carbocycles.